The van der Waals surface area contributed by atoms with Crippen LogP contribution in [0.3, 0.4) is 0 Å². The third kappa shape index (κ3) is 6.26. The van der Waals surface area contributed by atoms with Crippen molar-refractivity contribution in [2.24, 2.45) is 0 Å². The summed E-state index contributed by atoms with van der Waals surface area (Å²) >= 11 is 0. The summed E-state index contributed by atoms with van der Waals surface area (Å²) < 4.78 is 0. The van der Waals surface area contributed by atoms with Crippen molar-refractivity contribution < 1.29 is 0 Å². The lowest BCUT2D eigenvalue weighted by Crippen LogP contribution is -1.95. The summed E-state index contributed by atoms with van der Waals surface area (Å²) in [5.74, 6) is 0. The average Bonchev–Trinajstić information content (AvgIpc) is 3.32. The fourth-order valence-electron chi connectivity index (χ4n) is 8.13. The smallest absolute Gasteiger partial charge is 0.0715 e. The highest BCUT2D eigenvalue weighted by Gasteiger charge is 2.20. The Morgan fingerprint density at radius 1 is 0.236 bits per heavy atom. The molecule has 55 heavy (non-hydrogen) atoms. The zero-order valence-electron chi connectivity index (χ0n) is 30.4. The quantitative estimate of drug-likeness (QED) is 0.174. The van der Waals surface area contributed by atoms with E-state index in [9.17, 15) is 0 Å². The minimum absolute atomic E-state index is 0.878. The van der Waals surface area contributed by atoms with E-state index in [1.165, 1.54) is 72.3 Å². The number of benzene rings is 8. The Hall–Kier alpha value is -7.09. The Labute approximate surface area is 322 Å². The predicted molar refractivity (Wildman–Crippen MR) is 231 cm³/mol. The van der Waals surface area contributed by atoms with E-state index in [4.69, 9.17) is 4.98 Å². The Morgan fingerprint density at radius 3 is 1.18 bits per heavy atom. The van der Waals surface area contributed by atoms with Gasteiger partial charge in [-0.05, 0) is 103 Å². The van der Waals surface area contributed by atoms with E-state index in [2.05, 4.69) is 206 Å². The van der Waals surface area contributed by atoms with Crippen LogP contribution in [0.15, 0.2) is 212 Å². The van der Waals surface area contributed by atoms with Crippen LogP contribution < -0.4 is 0 Å². The van der Waals surface area contributed by atoms with Crippen LogP contribution in [0.2, 0.25) is 0 Å². The second-order valence-corrected chi connectivity index (χ2v) is 14.3. The van der Waals surface area contributed by atoms with Gasteiger partial charge in [0.25, 0.3) is 0 Å². The van der Waals surface area contributed by atoms with Crippen LogP contribution in [0.25, 0.3) is 89.3 Å². The summed E-state index contributed by atoms with van der Waals surface area (Å²) in [7, 11) is 0. The fourth-order valence-corrected chi connectivity index (χ4v) is 8.13. The molecular formula is C54H37N. The first-order chi connectivity index (χ1) is 27.2. The maximum Gasteiger partial charge on any atom is 0.0715 e. The van der Waals surface area contributed by atoms with Gasteiger partial charge >= 0.3 is 0 Å². The lowest BCUT2D eigenvalue weighted by atomic mass is 9.88. The molecule has 0 fully saturated rings. The number of fused-ring (bicyclic) bond motifs is 7. The maximum atomic E-state index is 5.13. The van der Waals surface area contributed by atoms with Gasteiger partial charge in [0.05, 0.1) is 11.4 Å². The van der Waals surface area contributed by atoms with Crippen molar-refractivity contribution in [1.82, 2.24) is 4.98 Å². The number of rotatable bonds is 5. The van der Waals surface area contributed by atoms with Gasteiger partial charge in [-0.25, -0.2) is 4.98 Å². The molecule has 0 amide bonds. The first-order valence-electron chi connectivity index (χ1n) is 19.0. The molecule has 0 N–H and O–H groups in total. The first-order valence-corrected chi connectivity index (χ1v) is 19.0. The van der Waals surface area contributed by atoms with Crippen molar-refractivity contribution in [3.05, 3.63) is 223 Å². The van der Waals surface area contributed by atoms with Gasteiger partial charge < -0.3 is 0 Å². The van der Waals surface area contributed by atoms with E-state index in [0.717, 1.165) is 34.5 Å². The van der Waals surface area contributed by atoms with Crippen LogP contribution in [0, 0.1) is 0 Å². The second-order valence-electron chi connectivity index (χ2n) is 14.3. The van der Waals surface area contributed by atoms with E-state index in [0.29, 0.717) is 0 Å². The molecule has 0 bridgehead atoms. The number of aromatic nitrogens is 1. The van der Waals surface area contributed by atoms with E-state index in [1.807, 2.05) is 6.07 Å². The molecule has 0 atom stereocenters. The Morgan fingerprint density at radius 2 is 0.600 bits per heavy atom. The van der Waals surface area contributed by atoms with Crippen molar-refractivity contribution >= 4 is 0 Å². The van der Waals surface area contributed by atoms with Crippen LogP contribution in [0.4, 0.5) is 0 Å². The third-order valence-electron chi connectivity index (χ3n) is 11.0. The summed E-state index contributed by atoms with van der Waals surface area (Å²) in [6, 6.07) is 76.8. The molecule has 0 radical (unpaired) electrons. The molecule has 0 aliphatic heterocycles. The van der Waals surface area contributed by atoms with Crippen molar-refractivity contribution in [3.63, 3.8) is 0 Å². The molecule has 1 aliphatic rings. The van der Waals surface area contributed by atoms with Gasteiger partial charge in [0.15, 0.2) is 0 Å². The minimum atomic E-state index is 0.878. The summed E-state index contributed by atoms with van der Waals surface area (Å²) in [5, 5.41) is 0. The number of pyridine rings is 1. The van der Waals surface area contributed by atoms with Gasteiger partial charge in [-0.15, -0.1) is 0 Å². The van der Waals surface area contributed by atoms with Crippen molar-refractivity contribution in [2.45, 2.75) is 6.42 Å². The van der Waals surface area contributed by atoms with Gasteiger partial charge in [0, 0.05) is 11.1 Å². The Kier molecular flexibility index (Phi) is 8.31. The van der Waals surface area contributed by atoms with Crippen molar-refractivity contribution in [2.75, 3.05) is 0 Å². The van der Waals surface area contributed by atoms with E-state index in [-0.39, 0.29) is 0 Å². The summed E-state index contributed by atoms with van der Waals surface area (Å²) in [6.07, 6.45) is 0.878. The molecule has 0 saturated heterocycles. The summed E-state index contributed by atoms with van der Waals surface area (Å²) in [4.78, 5) is 5.13. The molecule has 0 unspecified atom stereocenters. The highest BCUT2D eigenvalue weighted by Crippen LogP contribution is 2.44. The highest BCUT2D eigenvalue weighted by molar-refractivity contribution is 5.95. The lowest BCUT2D eigenvalue weighted by molar-refractivity contribution is 1.20. The molecule has 1 heteroatoms. The standard InChI is InChI=1S/C54H37N/c1-3-13-37(14-4-1)46-35-53(41-15-5-2-6-16-41)55-54(36-46)42-29-27-39(28-30-42)38-23-25-40(26-24-38)43-31-32-45-33-44-17-7-8-18-47(44)48-19-9-10-20-49(48)50-21-11-12-22-51(50)52(45)34-43/h1-32,34-36H,33H2. The highest BCUT2D eigenvalue weighted by atomic mass is 14.7. The second kappa shape index (κ2) is 14.0. The van der Waals surface area contributed by atoms with Gasteiger partial charge in [-0.2, -0.15) is 0 Å². The van der Waals surface area contributed by atoms with Crippen LogP contribution in [0.1, 0.15) is 11.1 Å². The summed E-state index contributed by atoms with van der Waals surface area (Å²) in [5.41, 5.74) is 21.7. The Bertz CT molecular complexity index is 2740. The van der Waals surface area contributed by atoms with Crippen LogP contribution in [0.5, 0.6) is 0 Å². The minimum Gasteiger partial charge on any atom is -0.248 e. The predicted octanol–water partition coefficient (Wildman–Crippen LogP) is 14.3. The van der Waals surface area contributed by atoms with Crippen LogP contribution in [-0.2, 0) is 6.42 Å². The maximum absolute atomic E-state index is 5.13. The summed E-state index contributed by atoms with van der Waals surface area (Å²) in [6.45, 7) is 0. The normalized spacial score (nSPS) is 11.6. The molecule has 0 spiro atoms. The van der Waals surface area contributed by atoms with Gasteiger partial charge in [0.2, 0.25) is 0 Å². The molecule has 8 aromatic carbocycles. The SMILES string of the molecule is c1ccc(-c2cc(-c3ccccc3)nc(-c3ccc(-c4ccc(-c5ccc6c(c5)-c5ccccc5-c5ccccc5-c5ccccc5C6)cc4)cc3)c2)cc1. The van der Waals surface area contributed by atoms with Crippen LogP contribution >= 0.6 is 0 Å². The van der Waals surface area contributed by atoms with Crippen molar-refractivity contribution in [1.29, 1.82) is 0 Å². The molecule has 10 rings (SSSR count). The largest absolute Gasteiger partial charge is 0.248 e. The van der Waals surface area contributed by atoms with E-state index < -0.39 is 0 Å². The third-order valence-corrected chi connectivity index (χ3v) is 11.0. The zero-order chi connectivity index (χ0) is 36.6. The van der Waals surface area contributed by atoms with Gasteiger partial charge in [0.1, 0.15) is 0 Å². The van der Waals surface area contributed by atoms with E-state index in [1.54, 1.807) is 0 Å². The van der Waals surface area contributed by atoms with E-state index >= 15 is 0 Å². The van der Waals surface area contributed by atoms with Gasteiger partial charge in [-0.1, -0.05) is 194 Å². The molecule has 0 saturated carbocycles. The Balaban J connectivity index is 0.982. The topological polar surface area (TPSA) is 12.9 Å². The number of nitrogens with zero attached hydrogens (tertiary/aromatic N) is 1. The molecule has 1 aromatic heterocycles. The fraction of sp³-hybridized carbons (Fsp3) is 0.0185. The monoisotopic (exact) mass is 699 g/mol. The van der Waals surface area contributed by atoms with Gasteiger partial charge in [-0.3, -0.25) is 0 Å². The molecule has 1 nitrogen and oxygen atoms in total. The number of hydrogen-bond acceptors (Lipinski definition) is 1. The zero-order valence-corrected chi connectivity index (χ0v) is 30.4. The molecule has 9 aromatic rings. The molecule has 1 aliphatic carbocycles. The average molecular weight is 700 g/mol. The molecule has 258 valence electrons. The van der Waals surface area contributed by atoms with Crippen molar-refractivity contribution in [3.8, 4) is 89.3 Å². The van der Waals surface area contributed by atoms with Crippen LogP contribution in [-0.4, -0.2) is 4.98 Å². The number of hydrogen-bond donors (Lipinski definition) is 0. The molecular weight excluding hydrogens is 663 g/mol. The molecule has 1 heterocycles. The first kappa shape index (κ1) is 32.6. The lowest BCUT2D eigenvalue weighted by Gasteiger charge is -2.16.